The molecule has 0 aromatic heterocycles. The Morgan fingerprint density at radius 2 is 1.24 bits per heavy atom. The Morgan fingerprint density at radius 1 is 0.649 bits per heavy atom. The van der Waals surface area contributed by atoms with Gasteiger partial charge in [-0.2, -0.15) is 13.2 Å². The molecule has 4 aromatic rings. The number of rotatable bonds is 6. The lowest BCUT2D eigenvalue weighted by Crippen LogP contribution is -2.23. The highest BCUT2D eigenvalue weighted by atomic mass is 19.3. The molecular formula is C26H14F10O. The first-order chi connectivity index (χ1) is 17.4. The SMILES string of the molecule is CCCc1ccc(-c2ccc3cc(OC(F)(F)c4cc(F)c(F)c(F)c4)c(F)c(F)c3c2F)c(F)c1F. The molecule has 11 heteroatoms. The number of fused-ring (bicyclic) bond motifs is 1. The van der Waals surface area contributed by atoms with Crippen molar-refractivity contribution in [3.05, 3.63) is 100 Å². The molecule has 1 nitrogen and oxygen atoms in total. The van der Waals surface area contributed by atoms with Crippen LogP contribution in [0.2, 0.25) is 0 Å². The Balaban J connectivity index is 1.80. The van der Waals surface area contributed by atoms with Crippen LogP contribution >= 0.6 is 0 Å². The van der Waals surface area contributed by atoms with E-state index in [1.165, 1.54) is 6.07 Å². The summed E-state index contributed by atoms with van der Waals surface area (Å²) in [6, 6.07) is 4.40. The van der Waals surface area contributed by atoms with E-state index in [-0.39, 0.29) is 24.1 Å². The molecule has 0 unspecified atom stereocenters. The summed E-state index contributed by atoms with van der Waals surface area (Å²) in [4.78, 5) is 0. The van der Waals surface area contributed by atoms with Crippen LogP contribution in [0.25, 0.3) is 21.9 Å². The fraction of sp³-hybridized carbons (Fsp3) is 0.154. The molecule has 0 saturated heterocycles. The van der Waals surface area contributed by atoms with Gasteiger partial charge in [0, 0.05) is 11.1 Å². The van der Waals surface area contributed by atoms with Gasteiger partial charge in [0.05, 0.1) is 10.9 Å². The smallest absolute Gasteiger partial charge is 0.426 e. The van der Waals surface area contributed by atoms with Gasteiger partial charge in [-0.15, -0.1) is 0 Å². The van der Waals surface area contributed by atoms with Crippen molar-refractivity contribution in [2.75, 3.05) is 0 Å². The number of hydrogen-bond donors (Lipinski definition) is 0. The lowest BCUT2D eigenvalue weighted by molar-refractivity contribution is -0.187. The van der Waals surface area contributed by atoms with Gasteiger partial charge in [-0.1, -0.05) is 37.6 Å². The number of alkyl halides is 2. The van der Waals surface area contributed by atoms with Gasteiger partial charge in [0.2, 0.25) is 5.82 Å². The molecule has 194 valence electrons. The average molecular weight is 532 g/mol. The van der Waals surface area contributed by atoms with Gasteiger partial charge < -0.3 is 4.74 Å². The van der Waals surface area contributed by atoms with Crippen LogP contribution in [0.4, 0.5) is 43.9 Å². The molecule has 0 aliphatic heterocycles. The highest BCUT2D eigenvalue weighted by molar-refractivity contribution is 5.90. The van der Waals surface area contributed by atoms with Crippen LogP contribution in [0.1, 0.15) is 24.5 Å². The van der Waals surface area contributed by atoms with Gasteiger partial charge in [-0.05, 0) is 35.6 Å². The van der Waals surface area contributed by atoms with Crippen molar-refractivity contribution in [3.63, 3.8) is 0 Å². The zero-order chi connectivity index (χ0) is 27.2. The van der Waals surface area contributed by atoms with Crippen LogP contribution in [0.5, 0.6) is 5.75 Å². The molecule has 0 aliphatic rings. The zero-order valence-electron chi connectivity index (χ0n) is 18.6. The average Bonchev–Trinajstić information content (AvgIpc) is 2.84. The standard InChI is InChI=1S/C26H14F10O/c1-2-3-11-4-6-15(22(31)20(11)29)14-7-5-12-8-18(24(33)25(34)19(12)21(14)30)37-26(35,36)13-9-16(27)23(32)17(28)10-13/h4-10H,2-3H2,1H3. The maximum absolute atomic E-state index is 15.2. The first kappa shape index (κ1) is 26.3. The largest absolute Gasteiger partial charge is 0.427 e. The molecule has 0 heterocycles. The molecule has 0 fully saturated rings. The maximum Gasteiger partial charge on any atom is 0.427 e. The lowest BCUT2D eigenvalue weighted by Gasteiger charge is -2.20. The number of halogens is 10. The molecule has 0 saturated carbocycles. The van der Waals surface area contributed by atoms with E-state index in [2.05, 4.69) is 4.74 Å². The third kappa shape index (κ3) is 4.58. The Morgan fingerprint density at radius 3 is 1.86 bits per heavy atom. The summed E-state index contributed by atoms with van der Waals surface area (Å²) in [5, 5.41) is -1.58. The van der Waals surface area contributed by atoms with Crippen molar-refractivity contribution in [1.29, 1.82) is 0 Å². The minimum Gasteiger partial charge on any atom is -0.426 e. The van der Waals surface area contributed by atoms with E-state index in [0.717, 1.165) is 18.2 Å². The van der Waals surface area contributed by atoms with Gasteiger partial charge in [0.15, 0.2) is 40.7 Å². The van der Waals surface area contributed by atoms with Crippen LogP contribution < -0.4 is 4.74 Å². The summed E-state index contributed by atoms with van der Waals surface area (Å²) in [6.45, 7) is 1.73. The molecule has 0 aliphatic carbocycles. The summed E-state index contributed by atoms with van der Waals surface area (Å²) in [6.07, 6.45) is -3.97. The van der Waals surface area contributed by atoms with Crippen molar-refractivity contribution in [1.82, 2.24) is 0 Å². The highest BCUT2D eigenvalue weighted by Crippen LogP contribution is 2.40. The van der Waals surface area contributed by atoms with Crippen LogP contribution in [0.3, 0.4) is 0 Å². The van der Waals surface area contributed by atoms with E-state index in [9.17, 15) is 39.5 Å². The second kappa shape index (κ2) is 9.60. The lowest BCUT2D eigenvalue weighted by atomic mass is 9.97. The summed E-state index contributed by atoms with van der Waals surface area (Å²) < 4.78 is 147. The molecular weight excluding hydrogens is 518 g/mol. The minimum absolute atomic E-state index is 0.0332. The fourth-order valence-electron chi connectivity index (χ4n) is 3.82. The third-order valence-corrected chi connectivity index (χ3v) is 5.62. The van der Waals surface area contributed by atoms with Crippen molar-refractivity contribution in [2.45, 2.75) is 25.9 Å². The molecule has 4 rings (SSSR count). The summed E-state index contributed by atoms with van der Waals surface area (Å²) in [5.41, 5.74) is -2.72. The topological polar surface area (TPSA) is 9.23 Å². The summed E-state index contributed by atoms with van der Waals surface area (Å²) in [7, 11) is 0. The molecule has 4 aromatic carbocycles. The normalized spacial score (nSPS) is 11.9. The quantitative estimate of drug-likeness (QED) is 0.178. The van der Waals surface area contributed by atoms with Crippen molar-refractivity contribution < 1.29 is 48.6 Å². The van der Waals surface area contributed by atoms with Crippen molar-refractivity contribution in [2.24, 2.45) is 0 Å². The number of ether oxygens (including phenoxy) is 1. The van der Waals surface area contributed by atoms with E-state index in [1.54, 1.807) is 6.92 Å². The summed E-state index contributed by atoms with van der Waals surface area (Å²) in [5.74, 6) is -15.7. The van der Waals surface area contributed by atoms with Crippen LogP contribution in [0, 0.1) is 46.5 Å². The fourth-order valence-corrected chi connectivity index (χ4v) is 3.82. The Hall–Kier alpha value is -3.76. The Bertz CT molecular complexity index is 1510. The van der Waals surface area contributed by atoms with E-state index in [4.69, 9.17) is 0 Å². The van der Waals surface area contributed by atoms with E-state index in [1.807, 2.05) is 0 Å². The van der Waals surface area contributed by atoms with Gasteiger partial charge in [0.1, 0.15) is 5.82 Å². The molecule has 0 radical (unpaired) electrons. The van der Waals surface area contributed by atoms with Crippen molar-refractivity contribution >= 4 is 10.8 Å². The van der Waals surface area contributed by atoms with Crippen LogP contribution in [-0.2, 0) is 12.5 Å². The first-order valence-corrected chi connectivity index (χ1v) is 10.7. The second-order valence-corrected chi connectivity index (χ2v) is 8.05. The van der Waals surface area contributed by atoms with Gasteiger partial charge >= 0.3 is 6.11 Å². The maximum atomic E-state index is 15.2. The number of hydrogen-bond acceptors (Lipinski definition) is 1. The zero-order valence-corrected chi connectivity index (χ0v) is 18.6. The second-order valence-electron chi connectivity index (χ2n) is 8.05. The monoisotopic (exact) mass is 532 g/mol. The molecule has 0 amide bonds. The molecule has 0 atom stereocenters. The van der Waals surface area contributed by atoms with Crippen molar-refractivity contribution in [3.8, 4) is 16.9 Å². The van der Waals surface area contributed by atoms with E-state index in [0.29, 0.717) is 12.5 Å². The predicted octanol–water partition coefficient (Wildman–Crippen LogP) is 8.70. The van der Waals surface area contributed by atoms with E-state index < -0.39 is 85.9 Å². The number of aryl methyl sites for hydroxylation is 1. The van der Waals surface area contributed by atoms with Gasteiger partial charge in [-0.3, -0.25) is 0 Å². The third-order valence-electron chi connectivity index (χ3n) is 5.62. The molecule has 0 N–H and O–H groups in total. The Kier molecular flexibility index (Phi) is 6.83. The predicted molar refractivity (Wildman–Crippen MR) is 114 cm³/mol. The minimum atomic E-state index is -4.67. The molecule has 0 bridgehead atoms. The van der Waals surface area contributed by atoms with E-state index >= 15 is 4.39 Å². The van der Waals surface area contributed by atoms with Gasteiger partial charge in [0.25, 0.3) is 0 Å². The number of benzene rings is 4. The Labute approximate surface area is 202 Å². The van der Waals surface area contributed by atoms with Crippen LogP contribution in [0.15, 0.2) is 42.5 Å². The summed E-state index contributed by atoms with van der Waals surface area (Å²) >= 11 is 0. The highest BCUT2D eigenvalue weighted by Gasteiger charge is 2.38. The van der Waals surface area contributed by atoms with Crippen LogP contribution in [-0.4, -0.2) is 0 Å². The molecule has 37 heavy (non-hydrogen) atoms. The molecule has 0 spiro atoms. The van der Waals surface area contributed by atoms with Gasteiger partial charge in [-0.25, -0.2) is 30.7 Å². The first-order valence-electron chi connectivity index (χ1n) is 10.7.